The van der Waals surface area contributed by atoms with Gasteiger partial charge in [0.1, 0.15) is 5.75 Å². The Kier molecular flexibility index (Phi) is 4.38. The lowest BCUT2D eigenvalue weighted by Crippen LogP contribution is -2.32. The Balaban J connectivity index is 2.01. The molecule has 0 saturated heterocycles. The summed E-state index contributed by atoms with van der Waals surface area (Å²) in [4.78, 5) is 12.1. The summed E-state index contributed by atoms with van der Waals surface area (Å²) >= 11 is 0. The Morgan fingerprint density at radius 2 is 1.90 bits per heavy atom. The molecule has 0 spiro atoms. The van der Waals surface area contributed by atoms with E-state index in [4.69, 9.17) is 5.73 Å². The summed E-state index contributed by atoms with van der Waals surface area (Å²) in [5.41, 5.74) is 8.03. The fourth-order valence-electron chi connectivity index (χ4n) is 1.99. The summed E-state index contributed by atoms with van der Waals surface area (Å²) in [7, 11) is 0. The molecule has 1 amide bonds. The van der Waals surface area contributed by atoms with Crippen molar-refractivity contribution in [2.24, 2.45) is 5.73 Å². The fourth-order valence-corrected chi connectivity index (χ4v) is 1.99. The molecule has 0 aromatic heterocycles. The maximum atomic E-state index is 12.1. The highest BCUT2D eigenvalue weighted by molar-refractivity contribution is 5.96. The van der Waals surface area contributed by atoms with Gasteiger partial charge in [0, 0.05) is 23.7 Å². The van der Waals surface area contributed by atoms with Crippen molar-refractivity contribution in [3.05, 3.63) is 65.2 Å². The third-order valence-corrected chi connectivity index (χ3v) is 3.26. The van der Waals surface area contributed by atoms with E-state index in [0.29, 0.717) is 17.7 Å². The number of phenols is 1. The first-order valence-electron chi connectivity index (χ1n) is 6.47. The number of rotatable bonds is 4. The van der Waals surface area contributed by atoms with E-state index >= 15 is 0 Å². The van der Waals surface area contributed by atoms with Gasteiger partial charge < -0.3 is 16.2 Å². The summed E-state index contributed by atoms with van der Waals surface area (Å²) in [6, 6.07) is 14.2. The molecule has 0 radical (unpaired) electrons. The van der Waals surface area contributed by atoms with Crippen LogP contribution in [0.25, 0.3) is 0 Å². The SMILES string of the molecule is Cc1c(O)cccc1C(=O)NCC(N)c1ccccc1. The van der Waals surface area contributed by atoms with Crippen molar-refractivity contribution in [1.82, 2.24) is 5.32 Å². The summed E-state index contributed by atoms with van der Waals surface area (Å²) in [6.45, 7) is 2.05. The number of nitrogens with one attached hydrogen (secondary N) is 1. The van der Waals surface area contributed by atoms with Crippen LogP contribution in [-0.2, 0) is 0 Å². The van der Waals surface area contributed by atoms with E-state index in [0.717, 1.165) is 5.56 Å². The lowest BCUT2D eigenvalue weighted by atomic mass is 10.1. The molecular formula is C16H18N2O2. The van der Waals surface area contributed by atoms with E-state index in [-0.39, 0.29) is 17.7 Å². The molecule has 2 aromatic rings. The van der Waals surface area contributed by atoms with Gasteiger partial charge >= 0.3 is 0 Å². The first-order valence-corrected chi connectivity index (χ1v) is 6.47. The minimum absolute atomic E-state index is 0.116. The molecule has 1 atom stereocenters. The van der Waals surface area contributed by atoms with Gasteiger partial charge in [0.25, 0.3) is 5.91 Å². The van der Waals surface area contributed by atoms with Crippen LogP contribution in [0.1, 0.15) is 27.5 Å². The standard InChI is InChI=1S/C16H18N2O2/c1-11-13(8-5-9-15(11)19)16(20)18-10-14(17)12-6-3-2-4-7-12/h2-9,14,19H,10,17H2,1H3,(H,18,20). The zero-order chi connectivity index (χ0) is 14.5. The molecule has 1 unspecified atom stereocenters. The molecule has 0 fully saturated rings. The number of hydrogen-bond acceptors (Lipinski definition) is 3. The lowest BCUT2D eigenvalue weighted by Gasteiger charge is -2.14. The number of nitrogens with two attached hydrogens (primary N) is 1. The third kappa shape index (κ3) is 3.16. The average Bonchev–Trinajstić information content (AvgIpc) is 2.48. The van der Waals surface area contributed by atoms with Crippen LogP contribution in [0.5, 0.6) is 5.75 Å². The largest absolute Gasteiger partial charge is 0.508 e. The highest BCUT2D eigenvalue weighted by Gasteiger charge is 2.13. The molecule has 0 aliphatic carbocycles. The number of carbonyl (C=O) groups is 1. The van der Waals surface area contributed by atoms with Crippen LogP contribution in [-0.4, -0.2) is 17.6 Å². The predicted molar refractivity (Wildman–Crippen MR) is 78.5 cm³/mol. The zero-order valence-electron chi connectivity index (χ0n) is 11.3. The van der Waals surface area contributed by atoms with Crippen molar-refractivity contribution < 1.29 is 9.90 Å². The van der Waals surface area contributed by atoms with Crippen LogP contribution in [0.4, 0.5) is 0 Å². The molecule has 20 heavy (non-hydrogen) atoms. The summed E-state index contributed by atoms with van der Waals surface area (Å²) < 4.78 is 0. The third-order valence-electron chi connectivity index (χ3n) is 3.26. The van der Waals surface area contributed by atoms with Crippen LogP contribution in [0.3, 0.4) is 0 Å². The van der Waals surface area contributed by atoms with Crippen LogP contribution < -0.4 is 11.1 Å². The second-order valence-electron chi connectivity index (χ2n) is 4.68. The summed E-state index contributed by atoms with van der Waals surface area (Å²) in [5, 5.41) is 12.4. The molecule has 0 aliphatic rings. The predicted octanol–water partition coefficient (Wildman–Crippen LogP) is 2.13. The van der Waals surface area contributed by atoms with Crippen molar-refractivity contribution in [2.75, 3.05) is 6.54 Å². The average molecular weight is 270 g/mol. The number of benzene rings is 2. The van der Waals surface area contributed by atoms with Gasteiger partial charge in [-0.25, -0.2) is 0 Å². The molecule has 2 aromatic carbocycles. The molecule has 4 N–H and O–H groups in total. The normalized spacial score (nSPS) is 11.9. The summed E-state index contributed by atoms with van der Waals surface area (Å²) in [6.07, 6.45) is 0. The number of aromatic hydroxyl groups is 1. The van der Waals surface area contributed by atoms with Gasteiger partial charge in [-0.3, -0.25) is 4.79 Å². The second kappa shape index (κ2) is 6.21. The van der Waals surface area contributed by atoms with E-state index in [1.807, 2.05) is 30.3 Å². The topological polar surface area (TPSA) is 75.3 Å². The van der Waals surface area contributed by atoms with Crippen molar-refractivity contribution in [3.8, 4) is 5.75 Å². The van der Waals surface area contributed by atoms with Crippen molar-refractivity contribution in [3.63, 3.8) is 0 Å². The first-order chi connectivity index (χ1) is 9.59. The van der Waals surface area contributed by atoms with Crippen LogP contribution >= 0.6 is 0 Å². The van der Waals surface area contributed by atoms with E-state index in [2.05, 4.69) is 5.32 Å². The Hall–Kier alpha value is -2.33. The van der Waals surface area contributed by atoms with Crippen LogP contribution in [0.15, 0.2) is 48.5 Å². The number of phenolic OH excluding ortho intramolecular Hbond substituents is 1. The van der Waals surface area contributed by atoms with Gasteiger partial charge in [-0.1, -0.05) is 36.4 Å². The Bertz CT molecular complexity index is 597. The smallest absolute Gasteiger partial charge is 0.251 e. The number of carbonyl (C=O) groups excluding carboxylic acids is 1. The minimum atomic E-state index is -0.252. The molecule has 2 rings (SSSR count). The van der Waals surface area contributed by atoms with Gasteiger partial charge in [0.05, 0.1) is 0 Å². The van der Waals surface area contributed by atoms with Crippen LogP contribution in [0, 0.1) is 6.92 Å². The van der Waals surface area contributed by atoms with Gasteiger partial charge in [0.15, 0.2) is 0 Å². The van der Waals surface area contributed by atoms with E-state index in [1.54, 1.807) is 25.1 Å². The zero-order valence-corrected chi connectivity index (χ0v) is 11.3. The van der Waals surface area contributed by atoms with Crippen molar-refractivity contribution >= 4 is 5.91 Å². The minimum Gasteiger partial charge on any atom is -0.508 e. The second-order valence-corrected chi connectivity index (χ2v) is 4.68. The maximum Gasteiger partial charge on any atom is 0.251 e. The first kappa shape index (κ1) is 14.1. The molecule has 0 bridgehead atoms. The van der Waals surface area contributed by atoms with Gasteiger partial charge in [-0.15, -0.1) is 0 Å². The Morgan fingerprint density at radius 1 is 1.20 bits per heavy atom. The monoisotopic (exact) mass is 270 g/mol. The lowest BCUT2D eigenvalue weighted by molar-refractivity contribution is 0.0950. The number of amides is 1. The van der Waals surface area contributed by atoms with Crippen molar-refractivity contribution in [1.29, 1.82) is 0 Å². The maximum absolute atomic E-state index is 12.1. The molecule has 4 heteroatoms. The molecule has 0 aliphatic heterocycles. The number of hydrogen-bond donors (Lipinski definition) is 3. The molecule has 0 heterocycles. The molecule has 104 valence electrons. The quantitative estimate of drug-likeness (QED) is 0.796. The molecule has 0 saturated carbocycles. The van der Waals surface area contributed by atoms with Crippen LogP contribution in [0.2, 0.25) is 0 Å². The van der Waals surface area contributed by atoms with Gasteiger partial charge in [-0.2, -0.15) is 0 Å². The summed E-state index contributed by atoms with van der Waals surface area (Å²) in [5.74, 6) is -0.116. The van der Waals surface area contributed by atoms with Crippen molar-refractivity contribution in [2.45, 2.75) is 13.0 Å². The van der Waals surface area contributed by atoms with E-state index in [1.165, 1.54) is 0 Å². The fraction of sp³-hybridized carbons (Fsp3) is 0.188. The van der Waals surface area contributed by atoms with Gasteiger partial charge in [-0.05, 0) is 24.6 Å². The Morgan fingerprint density at radius 3 is 2.60 bits per heavy atom. The van der Waals surface area contributed by atoms with Gasteiger partial charge in [0.2, 0.25) is 0 Å². The highest BCUT2D eigenvalue weighted by atomic mass is 16.3. The molecule has 4 nitrogen and oxygen atoms in total. The van der Waals surface area contributed by atoms with E-state index in [9.17, 15) is 9.90 Å². The molecular weight excluding hydrogens is 252 g/mol. The Labute approximate surface area is 118 Å². The highest BCUT2D eigenvalue weighted by Crippen LogP contribution is 2.19. The van der Waals surface area contributed by atoms with E-state index < -0.39 is 0 Å².